The molecule has 1 aromatic rings. The fourth-order valence-electron chi connectivity index (χ4n) is 3.30. The van der Waals surface area contributed by atoms with Crippen LogP contribution in [0, 0.1) is 5.92 Å². The number of hydrogen-bond acceptors (Lipinski definition) is 4. The summed E-state index contributed by atoms with van der Waals surface area (Å²) in [7, 11) is 3.48. The van der Waals surface area contributed by atoms with Crippen LogP contribution >= 0.6 is 0 Å². The van der Waals surface area contributed by atoms with Crippen molar-refractivity contribution in [2.45, 2.75) is 32.6 Å². The maximum absolute atomic E-state index is 12.5. The van der Waals surface area contributed by atoms with Crippen molar-refractivity contribution in [2.24, 2.45) is 5.92 Å². The summed E-state index contributed by atoms with van der Waals surface area (Å²) in [6.45, 7) is 4.85. The SMILES string of the molecule is CCCCN(C)C(=O)C1CCN(CC(=O)Nc2ccccc2OC)CC1. The summed E-state index contributed by atoms with van der Waals surface area (Å²) in [5.41, 5.74) is 0.683. The summed E-state index contributed by atoms with van der Waals surface area (Å²) in [6, 6.07) is 7.38. The number of carbonyl (C=O) groups is 2. The van der Waals surface area contributed by atoms with Gasteiger partial charge in [0.1, 0.15) is 5.75 Å². The van der Waals surface area contributed by atoms with Gasteiger partial charge < -0.3 is 15.0 Å². The highest BCUT2D eigenvalue weighted by atomic mass is 16.5. The normalized spacial score (nSPS) is 15.5. The Morgan fingerprint density at radius 3 is 2.62 bits per heavy atom. The van der Waals surface area contributed by atoms with Crippen molar-refractivity contribution in [3.05, 3.63) is 24.3 Å². The summed E-state index contributed by atoms with van der Waals surface area (Å²) in [5.74, 6) is 0.932. The van der Waals surface area contributed by atoms with E-state index in [0.717, 1.165) is 45.3 Å². The lowest BCUT2D eigenvalue weighted by Crippen LogP contribution is -2.43. The number of piperidine rings is 1. The summed E-state index contributed by atoms with van der Waals surface area (Å²) in [6.07, 6.45) is 3.77. The molecule has 6 heteroatoms. The molecule has 0 atom stereocenters. The molecule has 0 aromatic heterocycles. The third kappa shape index (κ3) is 5.73. The van der Waals surface area contributed by atoms with Gasteiger partial charge >= 0.3 is 0 Å². The molecule has 1 aliphatic rings. The number of unbranched alkanes of at least 4 members (excludes halogenated alkanes) is 1. The average Bonchev–Trinajstić information content (AvgIpc) is 2.66. The summed E-state index contributed by atoms with van der Waals surface area (Å²) in [5, 5.41) is 2.90. The van der Waals surface area contributed by atoms with Crippen LogP contribution in [0.15, 0.2) is 24.3 Å². The number of anilines is 1. The minimum atomic E-state index is -0.0562. The highest BCUT2D eigenvalue weighted by Crippen LogP contribution is 2.23. The van der Waals surface area contributed by atoms with Crippen molar-refractivity contribution in [1.82, 2.24) is 9.80 Å². The molecular formula is C20H31N3O3. The summed E-state index contributed by atoms with van der Waals surface area (Å²) in [4.78, 5) is 28.7. The molecule has 1 saturated heterocycles. The maximum Gasteiger partial charge on any atom is 0.238 e. The number of hydrogen-bond donors (Lipinski definition) is 1. The molecule has 0 bridgehead atoms. The molecule has 1 N–H and O–H groups in total. The number of carbonyl (C=O) groups excluding carboxylic acids is 2. The highest BCUT2D eigenvalue weighted by Gasteiger charge is 2.27. The van der Waals surface area contributed by atoms with E-state index in [1.807, 2.05) is 36.2 Å². The van der Waals surface area contributed by atoms with Crippen LogP contribution in [0.5, 0.6) is 5.75 Å². The van der Waals surface area contributed by atoms with Gasteiger partial charge in [0.25, 0.3) is 0 Å². The third-order valence-electron chi connectivity index (χ3n) is 4.91. The lowest BCUT2D eigenvalue weighted by Gasteiger charge is -2.32. The zero-order chi connectivity index (χ0) is 18.9. The van der Waals surface area contributed by atoms with Gasteiger partial charge in [0.15, 0.2) is 0 Å². The summed E-state index contributed by atoms with van der Waals surface area (Å²) >= 11 is 0. The molecule has 1 aromatic carbocycles. The molecule has 0 spiro atoms. The standard InChI is InChI=1S/C20H31N3O3/c1-4-5-12-22(2)20(25)16-10-13-23(14-11-16)15-19(24)21-17-8-6-7-9-18(17)26-3/h6-9,16H,4-5,10-15H2,1-3H3,(H,21,24). The molecule has 0 saturated carbocycles. The third-order valence-corrected chi connectivity index (χ3v) is 4.91. The minimum absolute atomic E-state index is 0.0562. The van der Waals surface area contributed by atoms with Crippen LogP contribution in [-0.4, -0.2) is 62.0 Å². The molecule has 1 fully saturated rings. The Kier molecular flexibility index (Phi) is 7.91. The smallest absolute Gasteiger partial charge is 0.238 e. The van der Waals surface area contributed by atoms with Gasteiger partial charge in [-0.3, -0.25) is 14.5 Å². The van der Waals surface area contributed by atoms with Crippen molar-refractivity contribution in [3.63, 3.8) is 0 Å². The topological polar surface area (TPSA) is 61.9 Å². The Balaban J connectivity index is 1.77. The van der Waals surface area contributed by atoms with Crippen LogP contribution < -0.4 is 10.1 Å². The van der Waals surface area contributed by atoms with Crippen LogP contribution in [0.2, 0.25) is 0 Å². The largest absolute Gasteiger partial charge is 0.495 e. The first kappa shape index (κ1) is 20.2. The zero-order valence-electron chi connectivity index (χ0n) is 16.2. The first-order valence-corrected chi connectivity index (χ1v) is 9.45. The quantitative estimate of drug-likeness (QED) is 0.773. The van der Waals surface area contributed by atoms with Gasteiger partial charge in [0, 0.05) is 19.5 Å². The van der Waals surface area contributed by atoms with Gasteiger partial charge in [-0.25, -0.2) is 0 Å². The lowest BCUT2D eigenvalue weighted by atomic mass is 9.95. The van der Waals surface area contributed by atoms with Crippen LogP contribution in [0.25, 0.3) is 0 Å². The molecule has 0 aliphatic carbocycles. The van der Waals surface area contributed by atoms with Crippen molar-refractivity contribution >= 4 is 17.5 Å². The second-order valence-electron chi connectivity index (χ2n) is 6.91. The van der Waals surface area contributed by atoms with Gasteiger partial charge in [0.05, 0.1) is 19.3 Å². The fourth-order valence-corrected chi connectivity index (χ4v) is 3.30. The van der Waals surface area contributed by atoms with E-state index >= 15 is 0 Å². The van der Waals surface area contributed by atoms with E-state index in [2.05, 4.69) is 17.1 Å². The van der Waals surface area contributed by atoms with E-state index in [1.54, 1.807) is 7.11 Å². The monoisotopic (exact) mass is 361 g/mol. The maximum atomic E-state index is 12.5. The molecule has 26 heavy (non-hydrogen) atoms. The van der Waals surface area contributed by atoms with Gasteiger partial charge in [0.2, 0.25) is 11.8 Å². The Bertz CT molecular complexity index is 598. The van der Waals surface area contributed by atoms with E-state index in [-0.39, 0.29) is 17.7 Å². The second kappa shape index (κ2) is 10.2. The molecule has 6 nitrogen and oxygen atoms in total. The van der Waals surface area contributed by atoms with Crippen molar-refractivity contribution in [1.29, 1.82) is 0 Å². The average molecular weight is 361 g/mol. The second-order valence-corrected chi connectivity index (χ2v) is 6.91. The molecule has 0 unspecified atom stereocenters. The number of amides is 2. The zero-order valence-corrected chi connectivity index (χ0v) is 16.2. The fraction of sp³-hybridized carbons (Fsp3) is 0.600. The van der Waals surface area contributed by atoms with E-state index < -0.39 is 0 Å². The van der Waals surface area contributed by atoms with Gasteiger partial charge in [-0.1, -0.05) is 25.5 Å². The molecule has 1 aliphatic heterocycles. The van der Waals surface area contributed by atoms with Crippen molar-refractivity contribution in [3.8, 4) is 5.75 Å². The number of benzene rings is 1. The number of likely N-dealkylation sites (tertiary alicyclic amines) is 1. The van der Waals surface area contributed by atoms with E-state index in [4.69, 9.17) is 4.74 Å². The highest BCUT2D eigenvalue weighted by molar-refractivity contribution is 5.93. The molecule has 0 radical (unpaired) electrons. The van der Waals surface area contributed by atoms with E-state index in [1.165, 1.54) is 0 Å². The van der Waals surface area contributed by atoms with Gasteiger partial charge in [-0.05, 0) is 44.5 Å². The first-order valence-electron chi connectivity index (χ1n) is 9.45. The number of nitrogens with zero attached hydrogens (tertiary/aromatic N) is 2. The Morgan fingerprint density at radius 1 is 1.27 bits per heavy atom. The van der Waals surface area contributed by atoms with Crippen LogP contribution in [0.4, 0.5) is 5.69 Å². The van der Waals surface area contributed by atoms with Crippen molar-refractivity contribution < 1.29 is 14.3 Å². The van der Waals surface area contributed by atoms with E-state index in [9.17, 15) is 9.59 Å². The summed E-state index contributed by atoms with van der Waals surface area (Å²) < 4.78 is 5.26. The molecule has 144 valence electrons. The van der Waals surface area contributed by atoms with Gasteiger partial charge in [-0.2, -0.15) is 0 Å². The predicted molar refractivity (Wildman–Crippen MR) is 103 cm³/mol. The molecule has 2 amide bonds. The number of nitrogens with one attached hydrogen (secondary N) is 1. The van der Waals surface area contributed by atoms with E-state index in [0.29, 0.717) is 18.0 Å². The number of rotatable bonds is 8. The lowest BCUT2D eigenvalue weighted by molar-refractivity contribution is -0.135. The Labute approximate surface area is 156 Å². The number of para-hydroxylation sites is 2. The minimum Gasteiger partial charge on any atom is -0.495 e. The first-order chi connectivity index (χ1) is 12.5. The van der Waals surface area contributed by atoms with Gasteiger partial charge in [-0.15, -0.1) is 0 Å². The Hall–Kier alpha value is -2.08. The van der Waals surface area contributed by atoms with Crippen LogP contribution in [0.1, 0.15) is 32.6 Å². The number of methoxy groups -OCH3 is 1. The van der Waals surface area contributed by atoms with Crippen molar-refractivity contribution in [2.75, 3.05) is 45.7 Å². The molecule has 1 heterocycles. The van der Waals surface area contributed by atoms with Crippen LogP contribution in [0.3, 0.4) is 0 Å². The van der Waals surface area contributed by atoms with Crippen LogP contribution in [-0.2, 0) is 9.59 Å². The molecule has 2 rings (SSSR count). The number of ether oxygens (including phenoxy) is 1. The molecular weight excluding hydrogens is 330 g/mol. The predicted octanol–water partition coefficient (Wildman–Crippen LogP) is 2.60. The Morgan fingerprint density at radius 2 is 1.96 bits per heavy atom.